The molecule has 2 amide bonds. The second-order valence-electron chi connectivity index (χ2n) is 3.76. The Kier molecular flexibility index (Phi) is 6.57. The molecule has 0 unspecified atom stereocenters. The van der Waals surface area contributed by atoms with Crippen molar-refractivity contribution in [3.63, 3.8) is 0 Å². The van der Waals surface area contributed by atoms with Crippen LogP contribution in [0.25, 0.3) is 0 Å². The maximum atomic E-state index is 11.7. The largest absolute Gasteiger partial charge is 0.480 e. The number of carboxylic acid groups (broad SMARTS) is 1. The van der Waals surface area contributed by atoms with Crippen LogP contribution in [0.1, 0.15) is 12.8 Å². The summed E-state index contributed by atoms with van der Waals surface area (Å²) in [6.07, 6.45) is 4.06. The molecule has 98 valence electrons. The SMILES string of the molecule is CSCCCCNC(=O)N1CSC[C@H]1C(=O)O. The highest BCUT2D eigenvalue weighted by Gasteiger charge is 2.34. The van der Waals surface area contributed by atoms with Gasteiger partial charge in [-0.05, 0) is 24.9 Å². The zero-order valence-electron chi connectivity index (χ0n) is 9.85. The molecule has 1 aliphatic heterocycles. The van der Waals surface area contributed by atoms with Crippen molar-refractivity contribution in [1.29, 1.82) is 0 Å². The Morgan fingerprint density at radius 3 is 2.94 bits per heavy atom. The van der Waals surface area contributed by atoms with Gasteiger partial charge in [0.05, 0.1) is 5.88 Å². The number of urea groups is 1. The van der Waals surface area contributed by atoms with Gasteiger partial charge in [0.25, 0.3) is 0 Å². The zero-order chi connectivity index (χ0) is 12.7. The molecule has 2 N–H and O–H groups in total. The van der Waals surface area contributed by atoms with Crippen LogP contribution in [0.5, 0.6) is 0 Å². The summed E-state index contributed by atoms with van der Waals surface area (Å²) in [6.45, 7) is 0.618. The van der Waals surface area contributed by atoms with Crippen molar-refractivity contribution in [2.24, 2.45) is 0 Å². The summed E-state index contributed by atoms with van der Waals surface area (Å²) in [7, 11) is 0. The average molecular weight is 278 g/mol. The molecule has 5 nitrogen and oxygen atoms in total. The monoisotopic (exact) mass is 278 g/mol. The van der Waals surface area contributed by atoms with E-state index in [1.807, 2.05) is 0 Å². The lowest BCUT2D eigenvalue weighted by atomic mass is 10.3. The molecular weight excluding hydrogens is 260 g/mol. The predicted octanol–water partition coefficient (Wildman–Crippen LogP) is 1.30. The smallest absolute Gasteiger partial charge is 0.327 e. The highest BCUT2D eigenvalue weighted by atomic mass is 32.2. The zero-order valence-corrected chi connectivity index (χ0v) is 11.5. The summed E-state index contributed by atoms with van der Waals surface area (Å²) in [6, 6.07) is -0.933. The van der Waals surface area contributed by atoms with E-state index in [1.165, 1.54) is 16.7 Å². The number of carbonyl (C=O) groups excluding carboxylic acids is 1. The van der Waals surface area contributed by atoms with Crippen LogP contribution in [-0.4, -0.2) is 58.2 Å². The summed E-state index contributed by atoms with van der Waals surface area (Å²) in [5, 5.41) is 11.7. The molecule has 1 heterocycles. The molecular formula is C10H18N2O3S2. The van der Waals surface area contributed by atoms with Gasteiger partial charge in [-0.15, -0.1) is 11.8 Å². The van der Waals surface area contributed by atoms with Crippen LogP contribution < -0.4 is 5.32 Å². The van der Waals surface area contributed by atoms with Crippen molar-refractivity contribution >= 4 is 35.5 Å². The first-order valence-corrected chi connectivity index (χ1v) is 8.05. The highest BCUT2D eigenvalue weighted by molar-refractivity contribution is 7.99. The molecule has 0 bridgehead atoms. The first-order chi connectivity index (χ1) is 8.16. The van der Waals surface area contributed by atoms with E-state index in [0.717, 1.165) is 18.6 Å². The van der Waals surface area contributed by atoms with Crippen molar-refractivity contribution in [3.05, 3.63) is 0 Å². The van der Waals surface area contributed by atoms with Gasteiger partial charge in [0, 0.05) is 12.3 Å². The fraction of sp³-hybridized carbons (Fsp3) is 0.800. The Hall–Kier alpha value is -0.560. The molecule has 7 heteroatoms. The van der Waals surface area contributed by atoms with Gasteiger partial charge in [-0.3, -0.25) is 0 Å². The number of carbonyl (C=O) groups is 2. The number of carboxylic acids is 1. The summed E-state index contributed by atoms with van der Waals surface area (Å²) < 4.78 is 0. The van der Waals surface area contributed by atoms with Crippen LogP contribution in [0.3, 0.4) is 0 Å². The van der Waals surface area contributed by atoms with Gasteiger partial charge in [0.2, 0.25) is 0 Å². The van der Waals surface area contributed by atoms with Crippen LogP contribution >= 0.6 is 23.5 Å². The molecule has 17 heavy (non-hydrogen) atoms. The van der Waals surface area contributed by atoms with E-state index in [2.05, 4.69) is 11.6 Å². The molecule has 0 aliphatic carbocycles. The number of nitrogens with one attached hydrogen (secondary N) is 1. The van der Waals surface area contributed by atoms with Crippen LogP contribution in [0.2, 0.25) is 0 Å². The minimum atomic E-state index is -0.924. The molecule has 0 radical (unpaired) electrons. The second-order valence-corrected chi connectivity index (χ2v) is 5.74. The molecule has 0 spiro atoms. The van der Waals surface area contributed by atoms with Gasteiger partial charge in [0.1, 0.15) is 6.04 Å². The number of hydrogen-bond donors (Lipinski definition) is 2. The summed E-state index contributed by atoms with van der Waals surface area (Å²) in [4.78, 5) is 24.0. The number of nitrogens with zero attached hydrogens (tertiary/aromatic N) is 1. The van der Waals surface area contributed by atoms with E-state index in [0.29, 0.717) is 18.2 Å². The van der Waals surface area contributed by atoms with Gasteiger partial charge in [0.15, 0.2) is 0 Å². The number of thioether (sulfide) groups is 2. The Bertz CT molecular complexity index is 276. The third-order valence-corrected chi connectivity index (χ3v) is 4.19. The fourth-order valence-corrected chi connectivity index (χ4v) is 3.15. The minimum absolute atomic E-state index is 0.258. The molecule has 1 rings (SSSR count). The van der Waals surface area contributed by atoms with Crippen molar-refractivity contribution in [2.45, 2.75) is 18.9 Å². The van der Waals surface area contributed by atoms with E-state index in [4.69, 9.17) is 5.11 Å². The molecule has 0 aromatic rings. The van der Waals surface area contributed by atoms with E-state index in [9.17, 15) is 9.59 Å². The van der Waals surface area contributed by atoms with Gasteiger partial charge in [-0.2, -0.15) is 11.8 Å². The van der Waals surface area contributed by atoms with E-state index >= 15 is 0 Å². The lowest BCUT2D eigenvalue weighted by Gasteiger charge is -2.20. The fourth-order valence-electron chi connectivity index (χ4n) is 1.52. The van der Waals surface area contributed by atoms with E-state index < -0.39 is 12.0 Å². The molecule has 0 saturated carbocycles. The van der Waals surface area contributed by atoms with Crippen LogP contribution in [0, 0.1) is 0 Å². The average Bonchev–Trinajstić information content (AvgIpc) is 2.77. The normalized spacial score (nSPS) is 19.4. The van der Waals surface area contributed by atoms with Crippen molar-refractivity contribution in [3.8, 4) is 0 Å². The third kappa shape index (κ3) is 4.67. The molecule has 1 saturated heterocycles. The number of rotatable bonds is 6. The summed E-state index contributed by atoms with van der Waals surface area (Å²) in [5.74, 6) is 1.11. The molecule has 0 aromatic carbocycles. The van der Waals surface area contributed by atoms with Crippen molar-refractivity contribution < 1.29 is 14.7 Å². The molecule has 1 fully saturated rings. The highest BCUT2D eigenvalue weighted by Crippen LogP contribution is 2.20. The Labute approximate surface area is 110 Å². The van der Waals surface area contributed by atoms with Crippen molar-refractivity contribution in [2.75, 3.05) is 30.2 Å². The standard InChI is InChI=1S/C10H18N2O3S2/c1-16-5-3-2-4-11-10(15)12-7-17-6-8(12)9(13)14/h8H,2-7H2,1H3,(H,11,15)(H,13,14)/t8-/m0/s1. The molecule has 1 atom stereocenters. The first-order valence-electron chi connectivity index (χ1n) is 5.50. The quantitative estimate of drug-likeness (QED) is 0.717. The van der Waals surface area contributed by atoms with Crippen molar-refractivity contribution in [1.82, 2.24) is 10.2 Å². The van der Waals surface area contributed by atoms with Gasteiger partial charge in [-0.1, -0.05) is 0 Å². The van der Waals surface area contributed by atoms with E-state index in [-0.39, 0.29) is 6.03 Å². The maximum Gasteiger partial charge on any atom is 0.327 e. The Morgan fingerprint density at radius 1 is 1.53 bits per heavy atom. The third-order valence-electron chi connectivity index (χ3n) is 2.48. The van der Waals surface area contributed by atoms with Crippen LogP contribution in [0.15, 0.2) is 0 Å². The number of hydrogen-bond acceptors (Lipinski definition) is 4. The van der Waals surface area contributed by atoms with Crippen LogP contribution in [0.4, 0.5) is 4.79 Å². The van der Waals surface area contributed by atoms with Gasteiger partial charge < -0.3 is 15.3 Å². The summed E-state index contributed by atoms with van der Waals surface area (Å²) >= 11 is 3.26. The lowest BCUT2D eigenvalue weighted by Crippen LogP contribution is -2.47. The maximum absolute atomic E-state index is 11.7. The van der Waals surface area contributed by atoms with Gasteiger partial charge in [-0.25, -0.2) is 9.59 Å². The predicted molar refractivity (Wildman–Crippen MR) is 71.6 cm³/mol. The van der Waals surface area contributed by atoms with Crippen LogP contribution in [-0.2, 0) is 4.79 Å². The minimum Gasteiger partial charge on any atom is -0.480 e. The van der Waals surface area contributed by atoms with Gasteiger partial charge >= 0.3 is 12.0 Å². The second kappa shape index (κ2) is 7.71. The first kappa shape index (κ1) is 14.5. The Balaban J connectivity index is 2.25. The molecule has 1 aliphatic rings. The number of aliphatic carboxylic acids is 1. The number of unbranched alkanes of at least 4 members (excludes halogenated alkanes) is 1. The molecule has 0 aromatic heterocycles. The Morgan fingerprint density at radius 2 is 2.29 bits per heavy atom. The lowest BCUT2D eigenvalue weighted by molar-refractivity contribution is -0.140. The number of amides is 2. The topological polar surface area (TPSA) is 69.6 Å². The van der Waals surface area contributed by atoms with E-state index in [1.54, 1.807) is 11.8 Å². The summed E-state index contributed by atoms with van der Waals surface area (Å²) in [5.41, 5.74) is 0.